The Morgan fingerprint density at radius 2 is 2.00 bits per heavy atom. The van der Waals surface area contributed by atoms with Crippen molar-refractivity contribution in [1.82, 2.24) is 0 Å². The van der Waals surface area contributed by atoms with Crippen LogP contribution in [0.4, 0.5) is 8.78 Å². The molecule has 0 heterocycles. The first-order chi connectivity index (χ1) is 6.57. The molecule has 0 spiro atoms. The summed E-state index contributed by atoms with van der Waals surface area (Å²) in [5.74, 6) is -3.20. The molecule has 0 radical (unpaired) electrons. The van der Waals surface area contributed by atoms with Crippen LogP contribution < -0.4 is 5.73 Å². The van der Waals surface area contributed by atoms with Gasteiger partial charge in [-0.1, -0.05) is 11.6 Å². The number of nitrogens with two attached hydrogens (primary N) is 1. The molecule has 0 amide bonds. The van der Waals surface area contributed by atoms with Gasteiger partial charge in [-0.15, -0.1) is 0 Å². The van der Waals surface area contributed by atoms with Gasteiger partial charge in [-0.25, -0.2) is 4.39 Å². The van der Waals surface area contributed by atoms with E-state index in [2.05, 4.69) is 0 Å². The zero-order chi connectivity index (χ0) is 10.7. The molecule has 78 valence electrons. The summed E-state index contributed by atoms with van der Waals surface area (Å²) < 4.78 is 25.7. The standard InChI is InChI=1S/C9H10ClF2NO/c10-6-4-5(2-1-3-13)9(14)8(12)7(6)11/h4,14H,1-3,13H2. The maximum atomic E-state index is 12.9. The number of phenols is 1. The van der Waals surface area contributed by atoms with Crippen LogP contribution in [0.3, 0.4) is 0 Å². The normalized spacial score (nSPS) is 10.6. The molecule has 1 aromatic carbocycles. The third-order valence-corrected chi connectivity index (χ3v) is 2.14. The van der Waals surface area contributed by atoms with Crippen molar-refractivity contribution in [3.8, 4) is 5.75 Å². The summed E-state index contributed by atoms with van der Waals surface area (Å²) in [5, 5.41) is 8.89. The van der Waals surface area contributed by atoms with Crippen LogP contribution >= 0.6 is 11.6 Å². The predicted octanol–water partition coefficient (Wildman–Crippen LogP) is 2.22. The van der Waals surface area contributed by atoms with Crippen LogP contribution in [0.15, 0.2) is 6.07 Å². The summed E-state index contributed by atoms with van der Waals surface area (Å²) in [6.45, 7) is 0.413. The number of aromatic hydroxyl groups is 1. The van der Waals surface area contributed by atoms with Crippen molar-refractivity contribution in [2.45, 2.75) is 12.8 Å². The van der Waals surface area contributed by atoms with Crippen molar-refractivity contribution >= 4 is 11.6 Å². The van der Waals surface area contributed by atoms with E-state index in [1.54, 1.807) is 0 Å². The van der Waals surface area contributed by atoms with Crippen molar-refractivity contribution in [3.05, 3.63) is 28.3 Å². The second-order valence-electron chi connectivity index (χ2n) is 2.89. The molecule has 5 heteroatoms. The molecule has 0 aliphatic rings. The van der Waals surface area contributed by atoms with Crippen molar-refractivity contribution in [2.75, 3.05) is 6.54 Å². The Labute approximate surface area is 85.3 Å². The minimum absolute atomic E-state index is 0.277. The largest absolute Gasteiger partial charge is 0.505 e. The van der Waals surface area contributed by atoms with E-state index in [1.807, 2.05) is 0 Å². The van der Waals surface area contributed by atoms with Gasteiger partial charge in [0.15, 0.2) is 11.6 Å². The van der Waals surface area contributed by atoms with Gasteiger partial charge in [0.1, 0.15) is 0 Å². The molecule has 2 nitrogen and oxygen atoms in total. The molecule has 1 aromatic rings. The van der Waals surface area contributed by atoms with Gasteiger partial charge in [-0.05, 0) is 31.0 Å². The van der Waals surface area contributed by atoms with E-state index in [1.165, 1.54) is 6.07 Å². The van der Waals surface area contributed by atoms with Crippen LogP contribution in [0.1, 0.15) is 12.0 Å². The molecular formula is C9H10ClF2NO. The van der Waals surface area contributed by atoms with Gasteiger partial charge >= 0.3 is 0 Å². The van der Waals surface area contributed by atoms with E-state index in [9.17, 15) is 13.9 Å². The number of phenolic OH excluding ortho intramolecular Hbond substituents is 1. The van der Waals surface area contributed by atoms with Crippen LogP contribution in [0.5, 0.6) is 5.75 Å². The fourth-order valence-corrected chi connectivity index (χ4v) is 1.33. The number of halogens is 3. The summed E-state index contributed by atoms with van der Waals surface area (Å²) in [4.78, 5) is 0. The highest BCUT2D eigenvalue weighted by atomic mass is 35.5. The van der Waals surface area contributed by atoms with Gasteiger partial charge in [-0.3, -0.25) is 0 Å². The molecule has 0 aromatic heterocycles. The van der Waals surface area contributed by atoms with Crippen LogP contribution in [0.25, 0.3) is 0 Å². The quantitative estimate of drug-likeness (QED) is 0.769. The van der Waals surface area contributed by atoms with E-state index >= 15 is 0 Å². The second kappa shape index (κ2) is 4.57. The lowest BCUT2D eigenvalue weighted by molar-refractivity contribution is 0.401. The Kier molecular flexibility index (Phi) is 3.66. The zero-order valence-corrected chi connectivity index (χ0v) is 8.11. The van der Waals surface area contributed by atoms with Crippen LogP contribution in [-0.4, -0.2) is 11.7 Å². The minimum Gasteiger partial charge on any atom is -0.505 e. The molecule has 0 unspecified atom stereocenters. The smallest absolute Gasteiger partial charge is 0.202 e. The van der Waals surface area contributed by atoms with Gasteiger partial charge in [0.05, 0.1) is 5.02 Å². The van der Waals surface area contributed by atoms with Gasteiger partial charge in [0, 0.05) is 0 Å². The lowest BCUT2D eigenvalue weighted by Crippen LogP contribution is -2.01. The third-order valence-electron chi connectivity index (χ3n) is 1.87. The van der Waals surface area contributed by atoms with Gasteiger partial charge in [0.2, 0.25) is 5.82 Å². The Balaban J connectivity index is 3.06. The van der Waals surface area contributed by atoms with Gasteiger partial charge < -0.3 is 10.8 Å². The molecule has 0 bridgehead atoms. The topological polar surface area (TPSA) is 46.2 Å². The molecule has 3 N–H and O–H groups in total. The maximum Gasteiger partial charge on any atom is 0.202 e. The molecule has 14 heavy (non-hydrogen) atoms. The number of hydrogen-bond acceptors (Lipinski definition) is 2. The first-order valence-corrected chi connectivity index (χ1v) is 4.51. The Morgan fingerprint density at radius 3 is 2.57 bits per heavy atom. The molecule has 0 aliphatic heterocycles. The van der Waals surface area contributed by atoms with E-state index < -0.39 is 17.4 Å². The molecule has 1 rings (SSSR count). The lowest BCUT2D eigenvalue weighted by atomic mass is 10.1. The fourth-order valence-electron chi connectivity index (χ4n) is 1.12. The van der Waals surface area contributed by atoms with Crippen molar-refractivity contribution < 1.29 is 13.9 Å². The predicted molar refractivity (Wildman–Crippen MR) is 50.4 cm³/mol. The van der Waals surface area contributed by atoms with Crippen LogP contribution in [0, 0.1) is 11.6 Å². The number of hydrogen-bond donors (Lipinski definition) is 2. The number of aryl methyl sites for hydroxylation is 1. The Bertz CT molecular complexity index is 344. The third kappa shape index (κ3) is 2.13. The molecule has 0 saturated carbocycles. The highest BCUT2D eigenvalue weighted by molar-refractivity contribution is 6.30. The average molecular weight is 222 g/mol. The highest BCUT2D eigenvalue weighted by Gasteiger charge is 2.16. The molecule has 0 aliphatic carbocycles. The fraction of sp³-hybridized carbons (Fsp3) is 0.333. The molecule has 0 fully saturated rings. The monoisotopic (exact) mass is 221 g/mol. The lowest BCUT2D eigenvalue weighted by Gasteiger charge is -2.06. The molecule has 0 atom stereocenters. The average Bonchev–Trinajstić information content (AvgIpc) is 2.18. The second-order valence-corrected chi connectivity index (χ2v) is 3.29. The summed E-state index contributed by atoms with van der Waals surface area (Å²) in [6, 6.07) is 1.21. The summed E-state index contributed by atoms with van der Waals surface area (Å²) >= 11 is 5.41. The van der Waals surface area contributed by atoms with Gasteiger partial charge in [-0.2, -0.15) is 4.39 Å². The SMILES string of the molecule is NCCCc1cc(Cl)c(F)c(F)c1O. The van der Waals surface area contributed by atoms with Crippen LogP contribution in [0.2, 0.25) is 5.02 Å². The molecule has 0 saturated heterocycles. The van der Waals surface area contributed by atoms with Crippen molar-refractivity contribution in [1.29, 1.82) is 0 Å². The summed E-state index contributed by atoms with van der Waals surface area (Å²) in [5.41, 5.74) is 5.53. The maximum absolute atomic E-state index is 12.9. The zero-order valence-electron chi connectivity index (χ0n) is 7.36. The van der Waals surface area contributed by atoms with E-state index in [0.29, 0.717) is 19.4 Å². The van der Waals surface area contributed by atoms with E-state index in [0.717, 1.165) is 0 Å². The molecular weight excluding hydrogens is 212 g/mol. The first-order valence-electron chi connectivity index (χ1n) is 4.13. The van der Waals surface area contributed by atoms with E-state index in [-0.39, 0.29) is 10.6 Å². The summed E-state index contributed by atoms with van der Waals surface area (Å²) in [7, 11) is 0. The first kappa shape index (κ1) is 11.2. The summed E-state index contributed by atoms with van der Waals surface area (Å²) in [6.07, 6.45) is 0.953. The van der Waals surface area contributed by atoms with Crippen molar-refractivity contribution in [2.24, 2.45) is 5.73 Å². The highest BCUT2D eigenvalue weighted by Crippen LogP contribution is 2.29. The Hall–Kier alpha value is -0.870. The number of rotatable bonds is 3. The van der Waals surface area contributed by atoms with Crippen molar-refractivity contribution in [3.63, 3.8) is 0 Å². The number of benzene rings is 1. The Morgan fingerprint density at radius 1 is 1.36 bits per heavy atom. The van der Waals surface area contributed by atoms with Gasteiger partial charge in [0.25, 0.3) is 0 Å². The minimum atomic E-state index is -1.30. The van der Waals surface area contributed by atoms with E-state index in [4.69, 9.17) is 17.3 Å². The van der Waals surface area contributed by atoms with Crippen LogP contribution in [-0.2, 0) is 6.42 Å².